The number of nitrogens with one attached hydrogen (secondary N) is 1. The van der Waals surface area contributed by atoms with Crippen molar-refractivity contribution >= 4 is 28.1 Å². The number of carbonyl (C=O) groups is 1. The van der Waals surface area contributed by atoms with E-state index in [9.17, 15) is 9.59 Å². The van der Waals surface area contributed by atoms with Crippen LogP contribution in [0.5, 0.6) is 0 Å². The van der Waals surface area contributed by atoms with E-state index in [1.165, 1.54) is 4.52 Å². The SMILES string of the molecule is CCc1cc2cccc(C#Cc3cn[nH]c3)c2c(=O)n1-c1ccccc1.NC(=O)c1c(N)nn2cccnc12. The molecule has 0 aliphatic carbocycles. The van der Waals surface area contributed by atoms with Crippen molar-refractivity contribution in [1.29, 1.82) is 0 Å². The molecule has 0 radical (unpaired) electrons. The number of amides is 1. The number of para-hydroxylation sites is 1. The molecule has 4 heterocycles. The lowest BCUT2D eigenvalue weighted by Crippen LogP contribution is -2.22. The van der Waals surface area contributed by atoms with E-state index in [2.05, 4.69) is 45.1 Å². The Bertz CT molecular complexity index is 1910. The molecule has 6 aromatic rings. The molecule has 0 aliphatic heterocycles. The highest BCUT2D eigenvalue weighted by Crippen LogP contribution is 2.19. The Balaban J connectivity index is 0.000000198. The minimum atomic E-state index is -0.619. The number of aromatic nitrogens is 6. The summed E-state index contributed by atoms with van der Waals surface area (Å²) in [7, 11) is 0. The van der Waals surface area contributed by atoms with Gasteiger partial charge in [-0.2, -0.15) is 5.10 Å². The molecule has 0 bridgehead atoms. The zero-order chi connectivity index (χ0) is 27.4. The van der Waals surface area contributed by atoms with Gasteiger partial charge in [0.15, 0.2) is 11.5 Å². The Morgan fingerprint density at radius 1 is 1.08 bits per heavy atom. The molecule has 0 saturated carbocycles. The van der Waals surface area contributed by atoms with Crippen LogP contribution in [0.3, 0.4) is 0 Å². The molecule has 39 heavy (non-hydrogen) atoms. The summed E-state index contributed by atoms with van der Waals surface area (Å²) in [6.45, 7) is 2.06. The lowest BCUT2D eigenvalue weighted by atomic mass is 10.0. The molecule has 0 unspecified atom stereocenters. The summed E-state index contributed by atoms with van der Waals surface area (Å²) in [5, 5.41) is 12.1. The Labute approximate surface area is 222 Å². The van der Waals surface area contributed by atoms with Gasteiger partial charge >= 0.3 is 0 Å². The van der Waals surface area contributed by atoms with Gasteiger partial charge in [0.25, 0.3) is 11.5 Å². The molecule has 6 rings (SSSR count). The topological polar surface area (TPSA) is 150 Å². The number of rotatable bonds is 3. The van der Waals surface area contributed by atoms with Gasteiger partial charge in [0.05, 0.1) is 17.1 Å². The van der Waals surface area contributed by atoms with E-state index in [0.717, 1.165) is 34.3 Å². The van der Waals surface area contributed by atoms with Gasteiger partial charge in [-0.15, -0.1) is 5.10 Å². The third kappa shape index (κ3) is 4.97. The van der Waals surface area contributed by atoms with Crippen molar-refractivity contribution in [3.8, 4) is 17.5 Å². The molecule has 10 nitrogen and oxygen atoms in total. The Hall–Kier alpha value is -5.69. The molecular weight excluding hydrogens is 492 g/mol. The maximum absolute atomic E-state index is 13.4. The van der Waals surface area contributed by atoms with Gasteiger partial charge in [0, 0.05) is 35.5 Å². The zero-order valence-electron chi connectivity index (χ0n) is 21.0. The lowest BCUT2D eigenvalue weighted by molar-refractivity contribution is 0.100. The Morgan fingerprint density at radius 3 is 2.62 bits per heavy atom. The zero-order valence-corrected chi connectivity index (χ0v) is 21.0. The maximum Gasteiger partial charge on any atom is 0.264 e. The van der Waals surface area contributed by atoms with Crippen LogP contribution in [0.25, 0.3) is 22.1 Å². The fraction of sp³-hybridized carbons (Fsp3) is 0.0690. The molecule has 0 fully saturated rings. The molecule has 1 amide bonds. The molecule has 5 N–H and O–H groups in total. The van der Waals surface area contributed by atoms with Crippen molar-refractivity contribution in [1.82, 2.24) is 29.4 Å². The summed E-state index contributed by atoms with van der Waals surface area (Å²) < 4.78 is 3.20. The van der Waals surface area contributed by atoms with Crippen molar-refractivity contribution in [2.45, 2.75) is 13.3 Å². The van der Waals surface area contributed by atoms with E-state index in [4.69, 9.17) is 11.5 Å². The number of benzene rings is 2. The Kier molecular flexibility index (Phi) is 6.88. The molecule has 0 saturated heterocycles. The second kappa shape index (κ2) is 10.7. The van der Waals surface area contributed by atoms with Crippen molar-refractivity contribution in [2.75, 3.05) is 5.73 Å². The van der Waals surface area contributed by atoms with Gasteiger partial charge in [-0.05, 0) is 42.1 Å². The molecule has 2 aromatic carbocycles. The van der Waals surface area contributed by atoms with Crippen molar-refractivity contribution < 1.29 is 4.79 Å². The number of aromatic amines is 1. The highest BCUT2D eigenvalue weighted by Gasteiger charge is 2.15. The average molecular weight is 517 g/mol. The van der Waals surface area contributed by atoms with Crippen LogP contribution in [-0.4, -0.2) is 35.3 Å². The first kappa shape index (κ1) is 25.0. The van der Waals surface area contributed by atoms with Crippen LogP contribution < -0.4 is 17.0 Å². The predicted molar refractivity (Wildman–Crippen MR) is 149 cm³/mol. The summed E-state index contributed by atoms with van der Waals surface area (Å²) >= 11 is 0. The Morgan fingerprint density at radius 2 is 1.90 bits per heavy atom. The summed E-state index contributed by atoms with van der Waals surface area (Å²) in [5.41, 5.74) is 14.5. The van der Waals surface area contributed by atoms with E-state index < -0.39 is 5.91 Å². The number of pyridine rings is 1. The first-order chi connectivity index (χ1) is 19.0. The summed E-state index contributed by atoms with van der Waals surface area (Å²) in [5.74, 6) is 5.66. The number of aryl methyl sites for hydroxylation is 1. The fourth-order valence-electron chi connectivity index (χ4n) is 4.24. The molecule has 0 atom stereocenters. The summed E-state index contributed by atoms with van der Waals surface area (Å²) in [6.07, 6.45) is 7.35. The minimum absolute atomic E-state index is 0.0392. The molecule has 10 heteroatoms. The minimum Gasteiger partial charge on any atom is -0.381 e. The number of hydrogen-bond donors (Lipinski definition) is 3. The number of primary amides is 1. The number of hydrogen-bond acceptors (Lipinski definition) is 6. The maximum atomic E-state index is 13.4. The van der Waals surface area contributed by atoms with Gasteiger partial charge in [0.1, 0.15) is 5.56 Å². The standard InChI is InChI=1S/C22H17N3O.C7H7N5O/c1-2-19-13-18-8-6-7-17(12-11-16-14-23-24-15-16)21(18)22(26)25(19)20-9-4-3-5-10-20;8-5-4(6(9)13)7-10-2-1-3-12(7)11-5/h3-10,13-15H,2H2,1H3,(H,23,24);1-3H,(H2,8,11)(H2,9,13). The van der Waals surface area contributed by atoms with Gasteiger partial charge in [-0.1, -0.05) is 49.1 Å². The van der Waals surface area contributed by atoms with Gasteiger partial charge in [-0.25, -0.2) is 9.50 Å². The van der Waals surface area contributed by atoms with Crippen LogP contribution in [-0.2, 0) is 6.42 Å². The van der Waals surface area contributed by atoms with Crippen LogP contribution in [0.2, 0.25) is 0 Å². The van der Waals surface area contributed by atoms with E-state index >= 15 is 0 Å². The average Bonchev–Trinajstić information content (AvgIpc) is 3.59. The van der Waals surface area contributed by atoms with Crippen molar-refractivity contribution in [3.63, 3.8) is 0 Å². The number of nitrogen functional groups attached to an aromatic ring is 1. The summed E-state index contributed by atoms with van der Waals surface area (Å²) in [4.78, 5) is 28.3. The van der Waals surface area contributed by atoms with Gasteiger partial charge in [-0.3, -0.25) is 19.3 Å². The quantitative estimate of drug-likeness (QED) is 0.308. The molecule has 0 spiro atoms. The smallest absolute Gasteiger partial charge is 0.264 e. The van der Waals surface area contributed by atoms with Crippen LogP contribution in [0, 0.1) is 11.8 Å². The first-order valence-corrected chi connectivity index (χ1v) is 12.1. The monoisotopic (exact) mass is 516 g/mol. The second-order valence-corrected chi connectivity index (χ2v) is 8.48. The van der Waals surface area contributed by atoms with Crippen LogP contribution in [0.4, 0.5) is 5.82 Å². The number of H-pyrrole nitrogens is 1. The number of anilines is 1. The predicted octanol–water partition coefficient (Wildman–Crippen LogP) is 3.09. The van der Waals surface area contributed by atoms with Gasteiger partial charge < -0.3 is 11.5 Å². The van der Waals surface area contributed by atoms with Crippen LogP contribution in [0.15, 0.2) is 90.2 Å². The summed E-state index contributed by atoms with van der Waals surface area (Å²) in [6, 6.07) is 19.3. The second-order valence-electron chi connectivity index (χ2n) is 8.48. The highest BCUT2D eigenvalue weighted by atomic mass is 16.1. The third-order valence-electron chi connectivity index (χ3n) is 6.01. The number of nitrogens with zero attached hydrogens (tertiary/aromatic N) is 5. The van der Waals surface area contributed by atoms with E-state index in [1.807, 2.05) is 48.5 Å². The molecule has 192 valence electrons. The number of nitrogens with two attached hydrogens (primary N) is 2. The normalized spacial score (nSPS) is 10.5. The fourth-order valence-corrected chi connectivity index (χ4v) is 4.24. The van der Waals surface area contributed by atoms with Crippen LogP contribution >= 0.6 is 0 Å². The van der Waals surface area contributed by atoms with E-state index in [1.54, 1.807) is 35.4 Å². The highest BCUT2D eigenvalue weighted by molar-refractivity contribution is 6.03. The van der Waals surface area contributed by atoms with E-state index in [-0.39, 0.29) is 16.9 Å². The third-order valence-corrected chi connectivity index (χ3v) is 6.01. The van der Waals surface area contributed by atoms with Crippen molar-refractivity contribution in [3.05, 3.63) is 118 Å². The largest absolute Gasteiger partial charge is 0.381 e. The molecular formula is C29H24N8O2. The number of carbonyl (C=O) groups excluding carboxylic acids is 1. The van der Waals surface area contributed by atoms with E-state index in [0.29, 0.717) is 11.0 Å². The molecule has 0 aliphatic rings. The lowest BCUT2D eigenvalue weighted by Gasteiger charge is -2.14. The van der Waals surface area contributed by atoms with Gasteiger partial charge in [0.2, 0.25) is 0 Å². The van der Waals surface area contributed by atoms with Crippen molar-refractivity contribution in [2.24, 2.45) is 5.73 Å². The van der Waals surface area contributed by atoms with Crippen LogP contribution in [0.1, 0.15) is 34.1 Å². The molecule has 4 aromatic heterocycles. The number of fused-ring (bicyclic) bond motifs is 2. The first-order valence-electron chi connectivity index (χ1n) is 12.1.